The van der Waals surface area contributed by atoms with Crippen molar-refractivity contribution in [2.24, 2.45) is 0 Å². The zero-order valence-electron chi connectivity index (χ0n) is 22.7. The first-order valence-corrected chi connectivity index (χ1v) is 13.9. The Kier molecular flexibility index (Phi) is 8.24. The summed E-state index contributed by atoms with van der Waals surface area (Å²) in [4.78, 5) is 51.4. The van der Waals surface area contributed by atoms with Crippen LogP contribution in [-0.4, -0.2) is 72.9 Å². The summed E-state index contributed by atoms with van der Waals surface area (Å²) < 4.78 is 1.77. The number of hydrogen-bond donors (Lipinski definition) is 2. The molecular weight excluding hydrogens is 508 g/mol. The third-order valence-electron chi connectivity index (χ3n) is 7.57. The number of piperidine rings is 1. The molecular formula is C29H34N8O3. The molecule has 4 heterocycles. The second-order valence-electron chi connectivity index (χ2n) is 10.4. The van der Waals surface area contributed by atoms with Gasteiger partial charge in [0.25, 0.3) is 5.91 Å². The molecule has 0 bridgehead atoms. The molecule has 2 N–H and O–H groups in total. The van der Waals surface area contributed by atoms with Gasteiger partial charge in [-0.15, -0.1) is 0 Å². The molecule has 0 saturated carbocycles. The van der Waals surface area contributed by atoms with Crippen LogP contribution in [0.15, 0.2) is 42.6 Å². The number of nitrogens with one attached hydrogen (secondary N) is 2. The molecule has 1 aromatic carbocycles. The van der Waals surface area contributed by atoms with Gasteiger partial charge in [-0.25, -0.2) is 9.67 Å². The number of aromatic nitrogens is 4. The number of aromatic amines is 1. The van der Waals surface area contributed by atoms with Crippen LogP contribution in [0.2, 0.25) is 0 Å². The van der Waals surface area contributed by atoms with E-state index in [-0.39, 0.29) is 24.1 Å². The van der Waals surface area contributed by atoms with Gasteiger partial charge in [-0.1, -0.05) is 30.3 Å². The molecule has 11 heteroatoms. The van der Waals surface area contributed by atoms with Crippen molar-refractivity contribution in [1.82, 2.24) is 34.9 Å². The zero-order valence-corrected chi connectivity index (χ0v) is 22.7. The van der Waals surface area contributed by atoms with Crippen molar-refractivity contribution in [3.8, 4) is 6.07 Å². The van der Waals surface area contributed by atoms with Gasteiger partial charge >= 0.3 is 0 Å². The molecule has 0 aliphatic carbocycles. The van der Waals surface area contributed by atoms with E-state index in [1.165, 1.54) is 12.3 Å². The Labute approximate surface area is 233 Å². The van der Waals surface area contributed by atoms with Crippen LogP contribution in [0.3, 0.4) is 0 Å². The van der Waals surface area contributed by atoms with E-state index in [0.717, 1.165) is 18.4 Å². The van der Waals surface area contributed by atoms with Crippen molar-refractivity contribution in [2.45, 2.75) is 64.1 Å². The Bertz CT molecular complexity index is 1410. The third-order valence-corrected chi connectivity index (χ3v) is 7.57. The van der Waals surface area contributed by atoms with Crippen LogP contribution < -0.4 is 5.32 Å². The van der Waals surface area contributed by atoms with E-state index in [1.807, 2.05) is 43.3 Å². The van der Waals surface area contributed by atoms with Gasteiger partial charge in [0.1, 0.15) is 29.5 Å². The number of fused-ring (bicyclic) bond motifs is 2. The van der Waals surface area contributed by atoms with Crippen LogP contribution in [-0.2, 0) is 22.6 Å². The van der Waals surface area contributed by atoms with E-state index < -0.39 is 12.1 Å². The molecule has 208 valence electrons. The fourth-order valence-electron chi connectivity index (χ4n) is 5.57. The minimum absolute atomic E-state index is 0.0745. The molecule has 11 nitrogen and oxygen atoms in total. The van der Waals surface area contributed by atoms with Crippen molar-refractivity contribution in [1.29, 1.82) is 5.26 Å². The van der Waals surface area contributed by atoms with Gasteiger partial charge in [0.15, 0.2) is 0 Å². The average molecular weight is 543 g/mol. The molecule has 3 amide bonds. The molecule has 0 unspecified atom stereocenters. The van der Waals surface area contributed by atoms with Crippen molar-refractivity contribution < 1.29 is 14.4 Å². The summed E-state index contributed by atoms with van der Waals surface area (Å²) >= 11 is 0. The van der Waals surface area contributed by atoms with E-state index >= 15 is 0 Å². The number of carbonyl (C=O) groups excluding carboxylic acids is 3. The fourth-order valence-corrected chi connectivity index (χ4v) is 5.57. The summed E-state index contributed by atoms with van der Waals surface area (Å²) in [7, 11) is 0. The second-order valence-corrected chi connectivity index (χ2v) is 10.4. The maximum Gasteiger partial charge on any atom is 0.270 e. The smallest absolute Gasteiger partial charge is 0.270 e. The Balaban J connectivity index is 1.49. The largest absolute Gasteiger partial charge is 0.356 e. The minimum atomic E-state index is -0.541. The maximum atomic E-state index is 13.7. The number of carbonyl (C=O) groups is 3. The molecule has 40 heavy (non-hydrogen) atoms. The maximum absolute atomic E-state index is 13.7. The SMILES string of the molecule is Cc1nc2n(n1)CCN(C(=O)c1cc(C#N)c[nH]1)CCCC(=O)N1CCCC[C@H]1C(=O)N[C@@H]2Cc1ccccc1. The number of benzene rings is 1. The first-order valence-electron chi connectivity index (χ1n) is 13.9. The van der Waals surface area contributed by atoms with Crippen LogP contribution >= 0.6 is 0 Å². The van der Waals surface area contributed by atoms with Gasteiger partial charge in [-0.05, 0) is 50.7 Å². The molecule has 1 fully saturated rings. The second kappa shape index (κ2) is 12.2. The van der Waals surface area contributed by atoms with Gasteiger partial charge in [0.05, 0.1) is 18.2 Å². The highest BCUT2D eigenvalue weighted by molar-refractivity contribution is 5.93. The van der Waals surface area contributed by atoms with Crippen molar-refractivity contribution in [3.63, 3.8) is 0 Å². The monoisotopic (exact) mass is 542 g/mol. The first kappa shape index (κ1) is 27.1. The summed E-state index contributed by atoms with van der Waals surface area (Å²) in [5, 5.41) is 17.0. The molecule has 2 aliphatic rings. The fraction of sp³-hybridized carbons (Fsp3) is 0.448. The number of hydrogen-bond acceptors (Lipinski definition) is 6. The standard InChI is InChI=1S/C29H34N8O3/c1-20-32-27-23(16-21-8-3-2-4-9-21)33-28(39)25-10-5-6-13-36(25)26(38)11-7-12-35(14-15-37(27)34-20)29(40)24-17-22(18-30)19-31-24/h2-4,8-9,17,19,23,25,31H,5-7,10-16H2,1H3,(H,33,39)/t23-,25+/m1/s1. The zero-order chi connectivity index (χ0) is 28.1. The molecule has 2 atom stereocenters. The number of nitriles is 1. The summed E-state index contributed by atoms with van der Waals surface area (Å²) in [5.41, 5.74) is 1.74. The van der Waals surface area contributed by atoms with Crippen LogP contribution in [0.4, 0.5) is 0 Å². The summed E-state index contributed by atoms with van der Waals surface area (Å²) in [5.74, 6) is 0.690. The van der Waals surface area contributed by atoms with Crippen molar-refractivity contribution >= 4 is 17.7 Å². The van der Waals surface area contributed by atoms with Crippen LogP contribution in [0.5, 0.6) is 0 Å². The Morgan fingerprint density at radius 1 is 1.10 bits per heavy atom. The lowest BCUT2D eigenvalue weighted by Gasteiger charge is -2.36. The topological polar surface area (TPSA) is 140 Å². The van der Waals surface area contributed by atoms with Gasteiger partial charge in [-0.2, -0.15) is 10.4 Å². The molecule has 0 radical (unpaired) electrons. The summed E-state index contributed by atoms with van der Waals surface area (Å²) in [6.45, 7) is 3.38. The Hall–Kier alpha value is -4.46. The highest BCUT2D eigenvalue weighted by Gasteiger charge is 2.34. The van der Waals surface area contributed by atoms with E-state index in [2.05, 4.69) is 15.4 Å². The third kappa shape index (κ3) is 6.06. The lowest BCUT2D eigenvalue weighted by Crippen LogP contribution is -2.53. The first-order chi connectivity index (χ1) is 19.4. The molecule has 1 saturated heterocycles. The van der Waals surface area contributed by atoms with Crippen LogP contribution in [0, 0.1) is 18.3 Å². The number of aryl methyl sites for hydroxylation is 1. The van der Waals surface area contributed by atoms with E-state index in [4.69, 9.17) is 4.98 Å². The quantitative estimate of drug-likeness (QED) is 0.521. The number of amides is 3. The average Bonchev–Trinajstić information content (AvgIpc) is 3.60. The highest BCUT2D eigenvalue weighted by Crippen LogP contribution is 2.23. The molecule has 0 spiro atoms. The normalized spacial score (nSPS) is 20.6. The predicted molar refractivity (Wildman–Crippen MR) is 146 cm³/mol. The Morgan fingerprint density at radius 3 is 2.70 bits per heavy atom. The number of H-pyrrole nitrogens is 1. The van der Waals surface area contributed by atoms with Gasteiger partial charge < -0.3 is 20.1 Å². The van der Waals surface area contributed by atoms with E-state index in [1.54, 1.807) is 14.5 Å². The van der Waals surface area contributed by atoms with E-state index in [0.29, 0.717) is 68.3 Å². The van der Waals surface area contributed by atoms with Crippen molar-refractivity contribution in [3.05, 3.63) is 71.1 Å². The van der Waals surface area contributed by atoms with Crippen LogP contribution in [0.1, 0.15) is 71.4 Å². The Morgan fingerprint density at radius 2 is 1.93 bits per heavy atom. The van der Waals surface area contributed by atoms with Crippen LogP contribution in [0.25, 0.3) is 0 Å². The molecule has 2 aromatic heterocycles. The number of nitrogens with zero attached hydrogens (tertiary/aromatic N) is 6. The van der Waals surface area contributed by atoms with Crippen molar-refractivity contribution in [2.75, 3.05) is 19.6 Å². The van der Waals surface area contributed by atoms with E-state index in [9.17, 15) is 19.6 Å². The summed E-state index contributed by atoms with van der Waals surface area (Å²) in [6, 6.07) is 12.4. The van der Waals surface area contributed by atoms with Gasteiger partial charge in [0.2, 0.25) is 11.8 Å². The van der Waals surface area contributed by atoms with Gasteiger partial charge in [-0.3, -0.25) is 14.4 Å². The predicted octanol–water partition coefficient (Wildman–Crippen LogP) is 2.50. The van der Waals surface area contributed by atoms with Gasteiger partial charge in [0, 0.05) is 32.3 Å². The number of rotatable bonds is 3. The lowest BCUT2D eigenvalue weighted by molar-refractivity contribution is -0.142. The molecule has 3 aromatic rings. The highest BCUT2D eigenvalue weighted by atomic mass is 16.2. The molecule has 2 aliphatic heterocycles. The molecule has 5 rings (SSSR count). The minimum Gasteiger partial charge on any atom is -0.356 e. The lowest BCUT2D eigenvalue weighted by atomic mass is 9.99. The summed E-state index contributed by atoms with van der Waals surface area (Å²) in [6.07, 6.45) is 5.06.